The largest absolute Gasteiger partial charge is 0.497 e. The van der Waals surface area contributed by atoms with E-state index in [0.29, 0.717) is 22.5 Å². The first-order valence-electron chi connectivity index (χ1n) is 8.00. The maximum Gasteiger partial charge on any atom is 0.255 e. The molecule has 25 heavy (non-hydrogen) atoms. The van der Waals surface area contributed by atoms with Gasteiger partial charge in [0, 0.05) is 23.9 Å². The predicted molar refractivity (Wildman–Crippen MR) is 97.0 cm³/mol. The molecule has 1 amide bonds. The maximum atomic E-state index is 12.5. The van der Waals surface area contributed by atoms with Gasteiger partial charge in [-0.1, -0.05) is 11.3 Å². The van der Waals surface area contributed by atoms with Gasteiger partial charge in [-0.3, -0.25) is 4.79 Å². The summed E-state index contributed by atoms with van der Waals surface area (Å²) < 4.78 is 7.01. The molecule has 1 aromatic heterocycles. The van der Waals surface area contributed by atoms with Crippen molar-refractivity contribution >= 4 is 22.6 Å². The monoisotopic (exact) mass is 339 g/mol. The molecule has 0 aliphatic carbocycles. The topological polar surface area (TPSA) is 72.3 Å². The van der Waals surface area contributed by atoms with Crippen molar-refractivity contribution in [2.45, 2.75) is 6.54 Å². The molecule has 0 bridgehead atoms. The van der Waals surface area contributed by atoms with Gasteiger partial charge >= 0.3 is 0 Å². The average Bonchev–Trinajstić information content (AvgIpc) is 3.02. The van der Waals surface area contributed by atoms with Crippen LogP contribution in [0.2, 0.25) is 0 Å². The lowest BCUT2D eigenvalue weighted by molar-refractivity contribution is 0.102. The molecule has 1 N–H and O–H groups in total. The van der Waals surface area contributed by atoms with Gasteiger partial charge in [-0.05, 0) is 44.4 Å². The molecule has 0 saturated heterocycles. The lowest BCUT2D eigenvalue weighted by Gasteiger charge is -2.09. The molecule has 1 heterocycles. The van der Waals surface area contributed by atoms with Crippen molar-refractivity contribution in [1.82, 2.24) is 19.9 Å². The lowest BCUT2D eigenvalue weighted by atomic mass is 10.1. The van der Waals surface area contributed by atoms with Gasteiger partial charge in [0.05, 0.1) is 19.2 Å². The molecule has 7 heteroatoms. The third-order valence-electron chi connectivity index (χ3n) is 3.86. The molecule has 7 nitrogen and oxygen atoms in total. The highest BCUT2D eigenvalue weighted by Crippen LogP contribution is 2.19. The molecule has 3 aromatic rings. The van der Waals surface area contributed by atoms with E-state index in [-0.39, 0.29) is 5.91 Å². The van der Waals surface area contributed by atoms with Crippen LogP contribution in [-0.4, -0.2) is 53.6 Å². The number of carbonyl (C=O) groups excluding carboxylic acids is 1. The summed E-state index contributed by atoms with van der Waals surface area (Å²) in [5.41, 5.74) is 2.84. The van der Waals surface area contributed by atoms with Crippen molar-refractivity contribution in [1.29, 1.82) is 0 Å². The summed E-state index contributed by atoms with van der Waals surface area (Å²) in [4.78, 5) is 14.6. The molecular formula is C18H21N5O2. The van der Waals surface area contributed by atoms with Crippen molar-refractivity contribution in [2.75, 3.05) is 33.1 Å². The zero-order chi connectivity index (χ0) is 17.8. The summed E-state index contributed by atoms with van der Waals surface area (Å²) in [7, 11) is 5.62. The Hall–Kier alpha value is -2.93. The number of hydrogen-bond donors (Lipinski definition) is 1. The fourth-order valence-corrected chi connectivity index (χ4v) is 2.48. The van der Waals surface area contributed by atoms with Crippen LogP contribution in [0.5, 0.6) is 5.75 Å². The van der Waals surface area contributed by atoms with Crippen LogP contribution >= 0.6 is 0 Å². The minimum Gasteiger partial charge on any atom is -0.497 e. The zero-order valence-corrected chi connectivity index (χ0v) is 14.6. The number of aromatic nitrogens is 3. The molecule has 0 unspecified atom stereocenters. The third-order valence-corrected chi connectivity index (χ3v) is 3.86. The number of methoxy groups -OCH3 is 1. The summed E-state index contributed by atoms with van der Waals surface area (Å²) in [6, 6.07) is 12.7. The molecule has 0 fully saturated rings. The van der Waals surface area contributed by atoms with Crippen molar-refractivity contribution < 1.29 is 9.53 Å². The predicted octanol–water partition coefficient (Wildman–Crippen LogP) is 2.25. The van der Waals surface area contributed by atoms with E-state index < -0.39 is 0 Å². The fraction of sp³-hybridized carbons (Fsp3) is 0.278. The molecule has 0 spiro atoms. The number of rotatable bonds is 6. The Bertz CT molecular complexity index is 888. The van der Waals surface area contributed by atoms with Gasteiger partial charge in [0.15, 0.2) is 0 Å². The van der Waals surface area contributed by atoms with E-state index >= 15 is 0 Å². The van der Waals surface area contributed by atoms with Crippen molar-refractivity contribution in [2.24, 2.45) is 0 Å². The van der Waals surface area contributed by atoms with Gasteiger partial charge in [0.1, 0.15) is 11.3 Å². The van der Waals surface area contributed by atoms with E-state index in [0.717, 1.165) is 18.6 Å². The third kappa shape index (κ3) is 3.95. The quantitative estimate of drug-likeness (QED) is 0.746. The van der Waals surface area contributed by atoms with Crippen LogP contribution in [0.4, 0.5) is 5.69 Å². The average molecular weight is 339 g/mol. The molecule has 0 aliphatic rings. The minimum atomic E-state index is -0.196. The zero-order valence-electron chi connectivity index (χ0n) is 14.6. The standard InChI is InChI=1S/C18H21N5O2/c1-22(2)9-10-23-17-8-7-13(11-16(17)20-21-23)18(24)19-14-5-4-6-15(12-14)25-3/h4-8,11-12H,9-10H2,1-3H3,(H,19,24). The Morgan fingerprint density at radius 3 is 2.84 bits per heavy atom. The molecule has 2 aromatic carbocycles. The van der Waals surface area contributed by atoms with E-state index in [1.807, 2.05) is 43.0 Å². The lowest BCUT2D eigenvalue weighted by Crippen LogP contribution is -2.19. The smallest absolute Gasteiger partial charge is 0.255 e. The molecule has 0 aliphatic heterocycles. The molecular weight excluding hydrogens is 318 g/mol. The van der Waals surface area contributed by atoms with Gasteiger partial charge in [0.2, 0.25) is 0 Å². The van der Waals surface area contributed by atoms with Crippen molar-refractivity contribution in [3.8, 4) is 5.75 Å². The van der Waals surface area contributed by atoms with Crippen LogP contribution in [-0.2, 0) is 6.54 Å². The summed E-state index contributed by atoms with van der Waals surface area (Å²) in [5, 5.41) is 11.2. The Balaban J connectivity index is 1.78. The molecule has 0 saturated carbocycles. The van der Waals surface area contributed by atoms with E-state index in [2.05, 4.69) is 20.5 Å². The first kappa shape index (κ1) is 16.9. The maximum absolute atomic E-state index is 12.5. The highest BCUT2D eigenvalue weighted by atomic mass is 16.5. The van der Waals surface area contributed by atoms with Crippen LogP contribution < -0.4 is 10.1 Å². The van der Waals surface area contributed by atoms with E-state index in [1.54, 1.807) is 25.3 Å². The number of likely N-dealkylation sites (N-methyl/N-ethyl adjacent to an activating group) is 1. The van der Waals surface area contributed by atoms with Gasteiger partial charge in [0.25, 0.3) is 5.91 Å². The number of nitrogens with zero attached hydrogens (tertiary/aromatic N) is 4. The Kier molecular flexibility index (Phi) is 4.95. The number of benzene rings is 2. The molecule has 0 radical (unpaired) electrons. The van der Waals surface area contributed by atoms with Crippen molar-refractivity contribution in [3.05, 3.63) is 48.0 Å². The van der Waals surface area contributed by atoms with Crippen LogP contribution in [0.15, 0.2) is 42.5 Å². The van der Waals surface area contributed by atoms with Crippen molar-refractivity contribution in [3.63, 3.8) is 0 Å². The molecule has 130 valence electrons. The second-order valence-electron chi connectivity index (χ2n) is 6.01. The second kappa shape index (κ2) is 7.31. The van der Waals surface area contributed by atoms with Crippen LogP contribution in [0.25, 0.3) is 11.0 Å². The van der Waals surface area contributed by atoms with E-state index in [9.17, 15) is 4.79 Å². The van der Waals surface area contributed by atoms with Crippen LogP contribution in [0.3, 0.4) is 0 Å². The number of hydrogen-bond acceptors (Lipinski definition) is 5. The first-order valence-corrected chi connectivity index (χ1v) is 8.00. The number of carbonyl (C=O) groups is 1. The Morgan fingerprint density at radius 2 is 2.08 bits per heavy atom. The van der Waals surface area contributed by atoms with Crippen LogP contribution in [0, 0.1) is 0 Å². The number of anilines is 1. The van der Waals surface area contributed by atoms with Gasteiger partial charge in [-0.15, -0.1) is 5.10 Å². The summed E-state index contributed by atoms with van der Waals surface area (Å²) >= 11 is 0. The molecule has 0 atom stereocenters. The first-order chi connectivity index (χ1) is 12.1. The second-order valence-corrected chi connectivity index (χ2v) is 6.01. The van der Waals surface area contributed by atoms with Crippen LogP contribution in [0.1, 0.15) is 10.4 Å². The Labute approximate surface area is 146 Å². The van der Waals surface area contributed by atoms with Gasteiger partial charge in [-0.2, -0.15) is 0 Å². The van der Waals surface area contributed by atoms with E-state index in [4.69, 9.17) is 4.74 Å². The van der Waals surface area contributed by atoms with E-state index in [1.165, 1.54) is 0 Å². The van der Waals surface area contributed by atoms with Gasteiger partial charge in [-0.25, -0.2) is 4.68 Å². The number of fused-ring (bicyclic) bond motifs is 1. The summed E-state index contributed by atoms with van der Waals surface area (Å²) in [5.74, 6) is 0.495. The summed E-state index contributed by atoms with van der Waals surface area (Å²) in [6.07, 6.45) is 0. The highest BCUT2D eigenvalue weighted by Gasteiger charge is 2.11. The fourth-order valence-electron chi connectivity index (χ4n) is 2.48. The summed E-state index contributed by atoms with van der Waals surface area (Å²) in [6.45, 7) is 1.62. The van der Waals surface area contributed by atoms with Gasteiger partial charge < -0.3 is 15.0 Å². The Morgan fingerprint density at radius 1 is 1.24 bits per heavy atom. The normalized spacial score (nSPS) is 11.0. The highest BCUT2D eigenvalue weighted by molar-refractivity contribution is 6.05. The SMILES string of the molecule is COc1cccc(NC(=O)c2ccc3c(c2)nnn3CCN(C)C)c1. The minimum absolute atomic E-state index is 0.196. The number of ether oxygens (including phenoxy) is 1. The number of nitrogens with one attached hydrogen (secondary N) is 1. The molecule has 3 rings (SSSR count). The number of amides is 1.